The summed E-state index contributed by atoms with van der Waals surface area (Å²) < 4.78 is 77.4. The summed E-state index contributed by atoms with van der Waals surface area (Å²) in [5.74, 6) is 0. The van der Waals surface area contributed by atoms with Crippen molar-refractivity contribution in [3.63, 3.8) is 0 Å². The number of ether oxygens (including phenoxy) is 3. The number of hydrogen-bond acceptors (Lipinski definition) is 11. The maximum Gasteiger partial charge on any atom is 0.187 e. The summed E-state index contributed by atoms with van der Waals surface area (Å²) in [7, 11) is -17.0. The first kappa shape index (κ1) is 52.4. The summed E-state index contributed by atoms with van der Waals surface area (Å²) in [6.07, 6.45) is -5.61. The average molecular weight is 920 g/mol. The van der Waals surface area contributed by atoms with Crippen LogP contribution in [0.2, 0.25) is 157 Å². The van der Waals surface area contributed by atoms with Gasteiger partial charge in [-0.2, -0.15) is 0 Å². The lowest BCUT2D eigenvalue weighted by Crippen LogP contribution is -2.70. The Bertz CT molecular complexity index is 1180. The van der Waals surface area contributed by atoms with E-state index in [4.69, 9.17) is 49.6 Å². The molecule has 0 spiro atoms. The molecule has 2 fully saturated rings. The lowest BCUT2D eigenvalue weighted by Gasteiger charge is -2.54. The van der Waals surface area contributed by atoms with Crippen LogP contribution in [-0.2, 0) is 49.6 Å². The molecule has 0 amide bonds. The lowest BCUT2D eigenvalue weighted by molar-refractivity contribution is -0.344. The van der Waals surface area contributed by atoms with Crippen LogP contribution in [0, 0.1) is 0 Å². The molecule has 10 atom stereocenters. The highest BCUT2D eigenvalue weighted by Crippen LogP contribution is 2.39. The van der Waals surface area contributed by atoms with Crippen molar-refractivity contribution in [1.82, 2.24) is 0 Å². The molecule has 0 aromatic rings. The molecule has 0 aliphatic carbocycles. The monoisotopic (exact) mass is 918 g/mol. The Hall–Kier alpha value is 1.30. The van der Waals surface area contributed by atoms with Gasteiger partial charge in [-0.3, -0.25) is 0 Å². The Morgan fingerprint density at radius 1 is 0.291 bits per heavy atom. The van der Waals surface area contributed by atoms with Gasteiger partial charge >= 0.3 is 0 Å². The summed E-state index contributed by atoms with van der Waals surface area (Å²) >= 11 is 0. The standard InChI is InChI=1S/C36H86O11Si8/c1-48(2,3)37-25-27-29(31(43-51(10,11)12)34(46-54(19,20)21)36(40-27)47-55(22,23)24)41-35-33(45-53(16,17)18)32(44-52(13,14)15)30(42-50(7,8)9)28(39-35)26-38-49(4,5)6/h27-36H,25-26H2,1-24H3. The zero-order chi connectivity index (χ0) is 43.0. The van der Waals surface area contributed by atoms with Gasteiger partial charge in [-0.05, 0) is 157 Å². The van der Waals surface area contributed by atoms with E-state index in [2.05, 4.69) is 157 Å². The number of rotatable bonds is 20. The smallest absolute Gasteiger partial charge is 0.187 e. The minimum atomic E-state index is -2.23. The summed E-state index contributed by atoms with van der Waals surface area (Å²) in [5.41, 5.74) is 0. The molecule has 2 aliphatic rings. The summed E-state index contributed by atoms with van der Waals surface area (Å²) in [5, 5.41) is 0. The van der Waals surface area contributed by atoms with E-state index in [9.17, 15) is 0 Å². The average Bonchev–Trinajstić information content (AvgIpc) is 2.88. The second-order valence-electron chi connectivity index (χ2n) is 23.2. The SMILES string of the molecule is C[Si](C)(C)OCC1OC(O[Si](C)(C)C)C(O[Si](C)(C)C)C(O[Si](C)(C)C)C1OC1OC(CO[Si](C)(C)C)C(O[Si](C)(C)C)C(O[Si](C)(C)C)C1O[Si](C)(C)C. The van der Waals surface area contributed by atoms with E-state index in [1.54, 1.807) is 0 Å². The van der Waals surface area contributed by atoms with E-state index < -0.39 is 128 Å². The zero-order valence-corrected chi connectivity index (χ0v) is 47.7. The predicted molar refractivity (Wildman–Crippen MR) is 246 cm³/mol. The Kier molecular flexibility index (Phi) is 18.2. The van der Waals surface area contributed by atoms with E-state index in [1.807, 2.05) is 0 Å². The summed E-state index contributed by atoms with van der Waals surface area (Å²) in [4.78, 5) is 0. The van der Waals surface area contributed by atoms with Gasteiger partial charge in [0.2, 0.25) is 0 Å². The molecular formula is C36H86O11Si8. The summed E-state index contributed by atoms with van der Waals surface area (Å²) in [6, 6.07) is 0. The number of hydrogen-bond donors (Lipinski definition) is 0. The second-order valence-corrected chi connectivity index (χ2v) is 59.0. The molecule has 0 N–H and O–H groups in total. The zero-order valence-electron chi connectivity index (χ0n) is 39.7. The van der Waals surface area contributed by atoms with Crippen molar-refractivity contribution in [2.75, 3.05) is 13.2 Å². The summed E-state index contributed by atoms with van der Waals surface area (Å²) in [6.45, 7) is 53.5. The van der Waals surface area contributed by atoms with Crippen LogP contribution >= 0.6 is 0 Å². The molecule has 0 radical (unpaired) electrons. The molecule has 2 heterocycles. The second kappa shape index (κ2) is 19.1. The fraction of sp³-hybridized carbons (Fsp3) is 1.00. The van der Waals surface area contributed by atoms with Crippen LogP contribution < -0.4 is 0 Å². The molecule has 2 rings (SSSR count). The maximum atomic E-state index is 7.46. The van der Waals surface area contributed by atoms with E-state index in [1.165, 1.54) is 0 Å². The van der Waals surface area contributed by atoms with Crippen molar-refractivity contribution in [1.29, 1.82) is 0 Å². The predicted octanol–water partition coefficient (Wildman–Crippen LogP) is 9.48. The fourth-order valence-corrected chi connectivity index (χ4v) is 13.9. The van der Waals surface area contributed by atoms with Gasteiger partial charge in [-0.1, -0.05) is 0 Å². The van der Waals surface area contributed by atoms with Crippen molar-refractivity contribution < 1.29 is 49.6 Å². The van der Waals surface area contributed by atoms with Crippen LogP contribution in [0.25, 0.3) is 0 Å². The van der Waals surface area contributed by atoms with Crippen LogP contribution in [0.15, 0.2) is 0 Å². The molecule has 0 bridgehead atoms. The normalized spacial score (nSPS) is 31.2. The highest BCUT2D eigenvalue weighted by molar-refractivity contribution is 6.72. The minimum absolute atomic E-state index is 0.321. The van der Waals surface area contributed by atoms with Gasteiger partial charge in [0, 0.05) is 0 Å². The van der Waals surface area contributed by atoms with Crippen molar-refractivity contribution in [3.05, 3.63) is 0 Å². The molecule has 11 nitrogen and oxygen atoms in total. The van der Waals surface area contributed by atoms with Crippen molar-refractivity contribution >= 4 is 66.5 Å². The van der Waals surface area contributed by atoms with Gasteiger partial charge in [0.15, 0.2) is 79.1 Å². The van der Waals surface area contributed by atoms with Crippen LogP contribution in [0.5, 0.6) is 0 Å². The molecule has 19 heteroatoms. The third kappa shape index (κ3) is 20.6. The molecule has 2 aliphatic heterocycles. The van der Waals surface area contributed by atoms with Gasteiger partial charge in [-0.25, -0.2) is 0 Å². The van der Waals surface area contributed by atoms with Gasteiger partial charge in [0.25, 0.3) is 0 Å². The van der Waals surface area contributed by atoms with Crippen molar-refractivity contribution in [3.8, 4) is 0 Å². The quantitative estimate of drug-likeness (QED) is 0.109. The van der Waals surface area contributed by atoms with Crippen LogP contribution in [0.4, 0.5) is 0 Å². The van der Waals surface area contributed by atoms with Crippen LogP contribution in [-0.4, -0.2) is 141 Å². The highest BCUT2D eigenvalue weighted by atomic mass is 28.4. The van der Waals surface area contributed by atoms with Crippen molar-refractivity contribution in [2.24, 2.45) is 0 Å². The molecule has 55 heavy (non-hydrogen) atoms. The topological polar surface area (TPSA) is 102 Å². The first-order valence-corrected chi connectivity index (χ1v) is 47.8. The molecule has 0 saturated carbocycles. The van der Waals surface area contributed by atoms with Gasteiger partial charge in [0.1, 0.15) is 48.8 Å². The molecular weight excluding hydrogens is 833 g/mol. The maximum absolute atomic E-state index is 7.46. The van der Waals surface area contributed by atoms with E-state index >= 15 is 0 Å². The fourth-order valence-electron chi connectivity index (χ4n) is 6.26. The Balaban J connectivity index is 2.93. The first-order valence-electron chi connectivity index (χ1n) is 20.5. The third-order valence-electron chi connectivity index (χ3n) is 7.75. The van der Waals surface area contributed by atoms with Gasteiger partial charge < -0.3 is 49.6 Å². The van der Waals surface area contributed by atoms with E-state index in [0.717, 1.165) is 0 Å². The largest absolute Gasteiger partial charge is 0.415 e. The Morgan fingerprint density at radius 3 is 0.909 bits per heavy atom. The lowest BCUT2D eigenvalue weighted by atomic mass is 9.97. The molecule has 2 saturated heterocycles. The van der Waals surface area contributed by atoms with Gasteiger partial charge in [0.05, 0.1) is 13.2 Å². The molecule has 0 aromatic carbocycles. The molecule has 0 aromatic heterocycles. The Morgan fingerprint density at radius 2 is 0.564 bits per heavy atom. The van der Waals surface area contributed by atoms with E-state index in [-0.39, 0.29) is 0 Å². The highest BCUT2D eigenvalue weighted by Gasteiger charge is 2.57. The minimum Gasteiger partial charge on any atom is -0.415 e. The van der Waals surface area contributed by atoms with Crippen molar-refractivity contribution in [2.45, 2.75) is 219 Å². The van der Waals surface area contributed by atoms with Crippen LogP contribution in [0.1, 0.15) is 0 Å². The third-order valence-corrected chi connectivity index (χ3v) is 15.7. The molecule has 10 unspecified atom stereocenters. The van der Waals surface area contributed by atoms with Crippen LogP contribution in [0.3, 0.4) is 0 Å². The van der Waals surface area contributed by atoms with E-state index in [0.29, 0.717) is 13.2 Å². The Labute approximate surface area is 346 Å². The van der Waals surface area contributed by atoms with Gasteiger partial charge in [-0.15, -0.1) is 0 Å². The molecule has 328 valence electrons. The first-order chi connectivity index (χ1) is 24.2.